The van der Waals surface area contributed by atoms with E-state index in [-0.39, 0.29) is 23.8 Å². The van der Waals surface area contributed by atoms with Crippen molar-refractivity contribution in [2.75, 3.05) is 11.5 Å². The van der Waals surface area contributed by atoms with Crippen LogP contribution in [0.2, 0.25) is 8.87 Å². The van der Waals surface area contributed by atoms with Gasteiger partial charge in [0.2, 0.25) is 0 Å². The van der Waals surface area contributed by atoms with Crippen molar-refractivity contribution >= 4 is 56.4 Å². The summed E-state index contributed by atoms with van der Waals surface area (Å²) in [4.78, 5) is 25.2. The van der Waals surface area contributed by atoms with E-state index in [0.29, 0.717) is 24.3 Å². The Hall–Kier alpha value is 0.439. The molecule has 148 valence electrons. The Balaban J connectivity index is 5.46. The summed E-state index contributed by atoms with van der Waals surface area (Å²) in [5.41, 5.74) is 0. The van der Waals surface area contributed by atoms with Crippen molar-refractivity contribution < 1.29 is 15.7 Å². The number of carbonyl (C=O) groups excluding carboxylic acids is 2. The number of rotatable bonds is 14. The second kappa shape index (κ2) is 14.5. The number of thiol groups is 2. The first-order valence-electron chi connectivity index (χ1n) is 9.60. The van der Waals surface area contributed by atoms with Crippen molar-refractivity contribution in [2.45, 2.75) is 75.1 Å². The van der Waals surface area contributed by atoms with E-state index in [1.54, 1.807) is 0 Å². The Morgan fingerprint density at radius 3 is 1.40 bits per heavy atom. The van der Waals surface area contributed by atoms with Gasteiger partial charge < -0.3 is 0 Å². The quantitative estimate of drug-likeness (QED) is 0.260. The maximum absolute atomic E-state index is 12.6. The molecule has 0 amide bonds. The summed E-state index contributed by atoms with van der Waals surface area (Å²) in [6, 6.07) is 0. The molecule has 0 aromatic rings. The predicted molar refractivity (Wildman–Crippen MR) is 113 cm³/mol. The maximum atomic E-state index is 12.6. The summed E-state index contributed by atoms with van der Waals surface area (Å²) in [6.07, 6.45) is 5.22. The van der Waals surface area contributed by atoms with Crippen LogP contribution in [0.5, 0.6) is 0 Å². The Kier molecular flexibility index (Phi) is 14.7. The van der Waals surface area contributed by atoms with Gasteiger partial charge in [-0.2, -0.15) is 0 Å². The zero-order valence-electron chi connectivity index (χ0n) is 16.3. The molecular formula is C18H36O4S2Sn. The summed E-state index contributed by atoms with van der Waals surface area (Å²) in [5, 5.41) is 0. The van der Waals surface area contributed by atoms with E-state index >= 15 is 0 Å². The third kappa shape index (κ3) is 9.27. The van der Waals surface area contributed by atoms with Crippen molar-refractivity contribution in [2.24, 2.45) is 11.8 Å². The van der Waals surface area contributed by atoms with Crippen molar-refractivity contribution in [3.05, 3.63) is 0 Å². The Labute approximate surface area is 170 Å². The molecule has 0 aliphatic heterocycles. The molecule has 0 rings (SSSR count). The number of carbonyl (C=O) groups is 2. The molecule has 0 saturated carbocycles. The average Bonchev–Trinajstić information content (AvgIpc) is 2.60. The fourth-order valence-corrected chi connectivity index (χ4v) is 13.5. The molecule has 0 aliphatic carbocycles. The molecule has 0 fully saturated rings. The molecule has 0 aromatic heterocycles. The van der Waals surface area contributed by atoms with Crippen LogP contribution >= 0.6 is 25.3 Å². The third-order valence-corrected chi connectivity index (χ3v) is 15.0. The molecule has 0 heterocycles. The van der Waals surface area contributed by atoms with Crippen LogP contribution in [0, 0.1) is 11.8 Å². The van der Waals surface area contributed by atoms with Gasteiger partial charge in [0, 0.05) is 0 Å². The average molecular weight is 499 g/mol. The van der Waals surface area contributed by atoms with Gasteiger partial charge in [-0.3, -0.25) is 0 Å². The van der Waals surface area contributed by atoms with Crippen molar-refractivity contribution in [3.8, 4) is 0 Å². The van der Waals surface area contributed by atoms with Gasteiger partial charge in [-0.15, -0.1) is 0 Å². The summed E-state index contributed by atoms with van der Waals surface area (Å²) >= 11 is 4.70. The standard InChI is InChI=1S/2C5H10O2S.2C4H9.Sn/c2*1-2-4(3-8)5(6)7;2*1-3-4-2;/h2*4,8H,2-3H2,1H3,(H,6,7);2*1,3-4H2,2H3;/q;;;;+2/p-2. The van der Waals surface area contributed by atoms with Gasteiger partial charge >= 0.3 is 171 Å². The molecule has 0 N–H and O–H groups in total. The minimum atomic E-state index is -3.82. The minimum absolute atomic E-state index is 0.229. The fraction of sp³-hybridized carbons (Fsp3) is 0.889. The fourth-order valence-electron chi connectivity index (χ4n) is 2.52. The van der Waals surface area contributed by atoms with Crippen LogP contribution < -0.4 is 0 Å². The van der Waals surface area contributed by atoms with E-state index in [9.17, 15) is 9.59 Å². The van der Waals surface area contributed by atoms with Gasteiger partial charge in [-0.05, 0) is 0 Å². The molecule has 0 bridgehead atoms. The number of unbranched alkanes of at least 4 members (excludes halogenated alkanes) is 2. The molecule has 25 heavy (non-hydrogen) atoms. The van der Waals surface area contributed by atoms with Crippen LogP contribution in [-0.4, -0.2) is 42.6 Å². The van der Waals surface area contributed by atoms with Crippen molar-refractivity contribution in [1.29, 1.82) is 0 Å². The number of hydrogen-bond acceptors (Lipinski definition) is 6. The van der Waals surface area contributed by atoms with Crippen molar-refractivity contribution in [1.82, 2.24) is 0 Å². The zero-order valence-corrected chi connectivity index (χ0v) is 20.9. The molecule has 0 spiro atoms. The van der Waals surface area contributed by atoms with E-state index in [1.807, 2.05) is 13.8 Å². The first-order valence-corrected chi connectivity index (χ1v) is 17.2. The summed E-state index contributed by atoms with van der Waals surface area (Å²) in [6.45, 7) is 8.12. The Morgan fingerprint density at radius 1 is 0.800 bits per heavy atom. The monoisotopic (exact) mass is 500 g/mol. The SMILES string of the molecule is CCC[CH2][Sn]([CH2]CCC)([O]C(=O)C(CC)CS)[O]C(=O)C(CC)CS. The van der Waals surface area contributed by atoms with Gasteiger partial charge in [-0.1, -0.05) is 0 Å². The van der Waals surface area contributed by atoms with Gasteiger partial charge in [0.1, 0.15) is 0 Å². The van der Waals surface area contributed by atoms with Gasteiger partial charge in [0.15, 0.2) is 0 Å². The van der Waals surface area contributed by atoms with E-state index in [4.69, 9.17) is 6.15 Å². The second-order valence-electron chi connectivity index (χ2n) is 6.54. The van der Waals surface area contributed by atoms with Gasteiger partial charge in [0.05, 0.1) is 0 Å². The van der Waals surface area contributed by atoms with Gasteiger partial charge in [0.25, 0.3) is 0 Å². The van der Waals surface area contributed by atoms with E-state index < -0.39 is 19.2 Å². The zero-order chi connectivity index (χ0) is 19.3. The van der Waals surface area contributed by atoms with Crippen LogP contribution in [0.15, 0.2) is 0 Å². The van der Waals surface area contributed by atoms with E-state index in [2.05, 4.69) is 39.1 Å². The number of hydrogen-bond donors (Lipinski definition) is 2. The molecule has 4 nitrogen and oxygen atoms in total. The summed E-state index contributed by atoms with van der Waals surface area (Å²) in [5.74, 6) is 0.00282. The first-order chi connectivity index (χ1) is 11.9. The molecular weight excluding hydrogens is 463 g/mol. The summed E-state index contributed by atoms with van der Waals surface area (Å²) < 4.78 is 13.6. The molecule has 7 heteroatoms. The molecule has 2 atom stereocenters. The van der Waals surface area contributed by atoms with Crippen LogP contribution in [0.4, 0.5) is 0 Å². The Morgan fingerprint density at radius 2 is 1.16 bits per heavy atom. The normalized spacial score (nSPS) is 14.0. The molecule has 2 unspecified atom stereocenters. The van der Waals surface area contributed by atoms with Crippen LogP contribution in [0.1, 0.15) is 66.2 Å². The first kappa shape index (κ1) is 25.4. The predicted octanol–water partition coefficient (Wildman–Crippen LogP) is 5.03. The van der Waals surface area contributed by atoms with Crippen LogP contribution in [-0.2, 0) is 15.7 Å². The summed E-state index contributed by atoms with van der Waals surface area (Å²) in [7, 11) is 0. The topological polar surface area (TPSA) is 52.6 Å². The van der Waals surface area contributed by atoms with Gasteiger partial charge in [-0.25, -0.2) is 0 Å². The third-order valence-electron chi connectivity index (χ3n) is 4.49. The van der Waals surface area contributed by atoms with Crippen molar-refractivity contribution in [3.63, 3.8) is 0 Å². The van der Waals surface area contributed by atoms with E-state index in [0.717, 1.165) is 34.6 Å². The molecule has 0 aliphatic rings. The molecule has 0 saturated heterocycles. The van der Waals surface area contributed by atoms with Crippen LogP contribution in [0.3, 0.4) is 0 Å². The Bertz CT molecular complexity index is 349. The molecule has 0 aromatic carbocycles. The second-order valence-corrected chi connectivity index (χ2v) is 16.5. The van der Waals surface area contributed by atoms with E-state index in [1.165, 1.54) is 0 Å². The molecule has 0 radical (unpaired) electrons. The van der Waals surface area contributed by atoms with Crippen LogP contribution in [0.25, 0.3) is 0 Å².